The van der Waals surface area contributed by atoms with Gasteiger partial charge < -0.3 is 5.73 Å². The Bertz CT molecular complexity index is 1130. The van der Waals surface area contributed by atoms with Gasteiger partial charge in [0.05, 0.1) is 12.1 Å². The lowest BCUT2D eigenvalue weighted by Crippen LogP contribution is -2.37. The molecule has 0 unspecified atom stereocenters. The van der Waals surface area contributed by atoms with Crippen molar-refractivity contribution in [3.05, 3.63) is 101 Å². The molecule has 0 aromatic heterocycles. The van der Waals surface area contributed by atoms with Crippen LogP contribution in [0.1, 0.15) is 23.2 Å². The van der Waals surface area contributed by atoms with Gasteiger partial charge in [-0.2, -0.15) is 0 Å². The third-order valence-electron chi connectivity index (χ3n) is 4.42. The van der Waals surface area contributed by atoms with Crippen molar-refractivity contribution in [3.63, 3.8) is 0 Å². The molecule has 0 saturated carbocycles. The van der Waals surface area contributed by atoms with E-state index in [1.807, 2.05) is 4.72 Å². The largest absolute Gasteiger partial charge is 0.322 e. The summed E-state index contributed by atoms with van der Waals surface area (Å²) in [5.74, 6) is -12.1. The molecule has 0 fully saturated rings. The van der Waals surface area contributed by atoms with Crippen molar-refractivity contribution in [2.45, 2.75) is 17.0 Å². The van der Waals surface area contributed by atoms with Gasteiger partial charge in [0, 0.05) is 0 Å². The molecule has 0 saturated heterocycles. The van der Waals surface area contributed by atoms with Gasteiger partial charge in [0.25, 0.3) is 0 Å². The average Bonchev–Trinajstić information content (AvgIpc) is 2.75. The van der Waals surface area contributed by atoms with Crippen LogP contribution in [0.25, 0.3) is 0 Å². The predicted molar refractivity (Wildman–Crippen MR) is 99.1 cm³/mol. The molecule has 0 aliphatic heterocycles. The lowest BCUT2D eigenvalue weighted by Gasteiger charge is -2.26. The Kier molecular flexibility index (Phi) is 6.20. The van der Waals surface area contributed by atoms with Crippen LogP contribution < -0.4 is 10.5 Å². The van der Waals surface area contributed by atoms with E-state index in [-0.39, 0.29) is 0 Å². The number of hydrogen-bond acceptors (Lipinski definition) is 3. The molecule has 0 aliphatic rings. The maximum absolute atomic E-state index is 14.1. The molecule has 3 aromatic rings. The molecular formula is C20H15F5N2O2S. The van der Waals surface area contributed by atoms with E-state index in [9.17, 15) is 30.4 Å². The van der Waals surface area contributed by atoms with Crippen molar-refractivity contribution in [3.8, 4) is 0 Å². The van der Waals surface area contributed by atoms with Gasteiger partial charge in [0.15, 0.2) is 28.2 Å². The van der Waals surface area contributed by atoms with Gasteiger partial charge in [0.2, 0.25) is 15.8 Å². The summed E-state index contributed by atoms with van der Waals surface area (Å²) in [7, 11) is -5.21. The Balaban J connectivity index is 2.12. The molecule has 0 spiro atoms. The molecule has 158 valence electrons. The molecule has 2 atom stereocenters. The number of halogens is 5. The summed E-state index contributed by atoms with van der Waals surface area (Å²) in [6, 6.07) is 13.7. The molecule has 0 heterocycles. The minimum Gasteiger partial charge on any atom is -0.322 e. The monoisotopic (exact) mass is 442 g/mol. The molecule has 3 rings (SSSR count). The van der Waals surface area contributed by atoms with E-state index in [1.54, 1.807) is 48.5 Å². The zero-order chi connectivity index (χ0) is 22.1. The fourth-order valence-electron chi connectivity index (χ4n) is 2.92. The highest BCUT2D eigenvalue weighted by Crippen LogP contribution is 2.31. The van der Waals surface area contributed by atoms with Crippen LogP contribution in [0.2, 0.25) is 0 Å². The minimum atomic E-state index is -5.21. The van der Waals surface area contributed by atoms with Crippen molar-refractivity contribution < 1.29 is 30.4 Å². The van der Waals surface area contributed by atoms with Crippen LogP contribution >= 0.6 is 0 Å². The second kappa shape index (κ2) is 8.50. The van der Waals surface area contributed by atoms with Crippen molar-refractivity contribution in [1.82, 2.24) is 4.72 Å². The molecule has 3 N–H and O–H groups in total. The third-order valence-corrected chi connectivity index (χ3v) is 5.88. The lowest BCUT2D eigenvalue weighted by molar-refractivity contribution is 0.356. The predicted octanol–water partition coefficient (Wildman–Crippen LogP) is 4.10. The molecule has 0 aliphatic carbocycles. The molecule has 0 radical (unpaired) electrons. The Labute approximate surface area is 169 Å². The Hall–Kier alpha value is -2.82. The van der Waals surface area contributed by atoms with Crippen molar-refractivity contribution in [2.75, 3.05) is 0 Å². The minimum absolute atomic E-state index is 0.321. The third kappa shape index (κ3) is 4.07. The topological polar surface area (TPSA) is 72.2 Å². The van der Waals surface area contributed by atoms with Crippen LogP contribution in [0, 0.1) is 29.1 Å². The normalized spacial score (nSPS) is 13.8. The summed E-state index contributed by atoms with van der Waals surface area (Å²) in [6.45, 7) is 0. The lowest BCUT2D eigenvalue weighted by atomic mass is 9.95. The number of sulfonamides is 1. The van der Waals surface area contributed by atoms with Gasteiger partial charge in [-0.25, -0.2) is 35.1 Å². The van der Waals surface area contributed by atoms with Crippen molar-refractivity contribution in [1.29, 1.82) is 0 Å². The van der Waals surface area contributed by atoms with Crippen molar-refractivity contribution in [2.24, 2.45) is 5.73 Å². The van der Waals surface area contributed by atoms with Gasteiger partial charge in [-0.1, -0.05) is 60.7 Å². The van der Waals surface area contributed by atoms with Crippen LogP contribution in [-0.2, 0) is 10.0 Å². The zero-order valence-corrected chi connectivity index (χ0v) is 15.9. The second-order valence-electron chi connectivity index (χ2n) is 6.35. The molecular weight excluding hydrogens is 427 g/mol. The fourth-order valence-corrected chi connectivity index (χ4v) is 4.31. The van der Waals surface area contributed by atoms with E-state index < -0.39 is 56.1 Å². The van der Waals surface area contributed by atoms with Gasteiger partial charge in [0.1, 0.15) is 0 Å². The van der Waals surface area contributed by atoms with E-state index in [0.29, 0.717) is 11.1 Å². The first kappa shape index (κ1) is 21.9. The van der Waals surface area contributed by atoms with E-state index >= 15 is 0 Å². The molecule has 0 bridgehead atoms. The average molecular weight is 442 g/mol. The standard InChI is InChI=1S/C20H15F5N2O2S/c21-13-14(22)16(24)20(17(25)15(13)23)30(28,29)27-19(12-9-5-2-6-10-12)18(26)11-7-3-1-4-8-11/h1-10,18-19,27H,26H2/t18-,19-/m1/s1. The summed E-state index contributed by atoms with van der Waals surface area (Å²) in [5, 5.41) is 0. The first-order chi connectivity index (χ1) is 14.1. The number of hydrogen-bond donors (Lipinski definition) is 2. The second-order valence-corrected chi connectivity index (χ2v) is 8.00. The number of benzene rings is 3. The van der Waals surface area contributed by atoms with Crippen LogP contribution in [0.15, 0.2) is 65.6 Å². The molecule has 4 nitrogen and oxygen atoms in total. The number of rotatable bonds is 6. The molecule has 0 amide bonds. The maximum atomic E-state index is 14.1. The van der Waals surface area contributed by atoms with Crippen molar-refractivity contribution >= 4 is 10.0 Å². The van der Waals surface area contributed by atoms with Crippen LogP contribution in [-0.4, -0.2) is 8.42 Å². The quantitative estimate of drug-likeness (QED) is 0.343. The summed E-state index contributed by atoms with van der Waals surface area (Å²) in [6.07, 6.45) is 0. The first-order valence-electron chi connectivity index (χ1n) is 8.54. The van der Waals surface area contributed by atoms with E-state index in [0.717, 1.165) is 0 Å². The fraction of sp³-hybridized carbons (Fsp3) is 0.100. The first-order valence-corrected chi connectivity index (χ1v) is 10.0. The Morgan fingerprint density at radius 1 is 0.667 bits per heavy atom. The Morgan fingerprint density at radius 3 is 1.53 bits per heavy atom. The highest BCUT2D eigenvalue weighted by molar-refractivity contribution is 7.89. The summed E-state index contributed by atoms with van der Waals surface area (Å²) >= 11 is 0. The highest BCUT2D eigenvalue weighted by atomic mass is 32.2. The van der Waals surface area contributed by atoms with Crippen LogP contribution in [0.4, 0.5) is 22.0 Å². The molecule has 30 heavy (non-hydrogen) atoms. The maximum Gasteiger partial charge on any atom is 0.247 e. The highest BCUT2D eigenvalue weighted by Gasteiger charge is 2.36. The zero-order valence-electron chi connectivity index (χ0n) is 15.1. The van der Waals surface area contributed by atoms with Gasteiger partial charge in [-0.15, -0.1) is 0 Å². The van der Waals surface area contributed by atoms with E-state index in [2.05, 4.69) is 0 Å². The smallest absolute Gasteiger partial charge is 0.247 e. The van der Waals surface area contributed by atoms with Gasteiger partial charge in [-0.3, -0.25) is 0 Å². The van der Waals surface area contributed by atoms with Crippen LogP contribution in [0.3, 0.4) is 0 Å². The summed E-state index contributed by atoms with van der Waals surface area (Å²) in [5.41, 5.74) is 6.99. The molecule has 3 aromatic carbocycles. The number of nitrogens with two attached hydrogens (primary N) is 1. The van der Waals surface area contributed by atoms with Crippen LogP contribution in [0.5, 0.6) is 0 Å². The van der Waals surface area contributed by atoms with Gasteiger partial charge in [-0.05, 0) is 11.1 Å². The van der Waals surface area contributed by atoms with E-state index in [4.69, 9.17) is 5.73 Å². The molecule has 10 heteroatoms. The SMILES string of the molecule is N[C@H](c1ccccc1)[C@H](NS(=O)(=O)c1c(F)c(F)c(F)c(F)c1F)c1ccccc1. The summed E-state index contributed by atoms with van der Waals surface area (Å²) in [4.78, 5) is -1.97. The van der Waals surface area contributed by atoms with Gasteiger partial charge >= 0.3 is 0 Å². The number of nitrogens with one attached hydrogen (secondary N) is 1. The van der Waals surface area contributed by atoms with E-state index in [1.165, 1.54) is 12.1 Å². The summed E-state index contributed by atoms with van der Waals surface area (Å²) < 4.78 is 96.0. The Morgan fingerprint density at radius 2 is 1.07 bits per heavy atom.